The summed E-state index contributed by atoms with van der Waals surface area (Å²) >= 11 is 0. The van der Waals surface area contributed by atoms with E-state index in [-0.39, 0.29) is 5.41 Å². The number of likely N-dealkylation sites (tertiary alicyclic amines) is 1. The number of hydrogen-bond donors (Lipinski definition) is 0. The van der Waals surface area contributed by atoms with E-state index >= 15 is 0 Å². The van der Waals surface area contributed by atoms with Gasteiger partial charge in [-0.1, -0.05) is 36.6 Å². The van der Waals surface area contributed by atoms with E-state index in [2.05, 4.69) is 18.0 Å². The van der Waals surface area contributed by atoms with Crippen molar-refractivity contribution in [3.8, 4) is 0 Å². The van der Waals surface area contributed by atoms with Crippen LogP contribution in [0, 0.1) is 12.8 Å². The summed E-state index contributed by atoms with van der Waals surface area (Å²) in [5.74, 6) is 0.722. The molecular formula is C18H25N. The van der Waals surface area contributed by atoms with Crippen molar-refractivity contribution in [1.82, 2.24) is 4.90 Å². The number of nitrogens with zero attached hydrogens (tertiary/aromatic N) is 1. The highest BCUT2D eigenvalue weighted by Gasteiger charge is 2.52. The molecule has 3 aliphatic rings. The van der Waals surface area contributed by atoms with Gasteiger partial charge in [0.1, 0.15) is 0 Å². The van der Waals surface area contributed by atoms with Gasteiger partial charge in [0.15, 0.2) is 0 Å². The first-order chi connectivity index (χ1) is 10.4. The lowest BCUT2D eigenvalue weighted by Crippen LogP contribution is -2.59. The number of likely N-dealkylation sites (N-methyl/N-ethyl adjacent to an activating group) is 1. The number of benzene rings is 1. The van der Waals surface area contributed by atoms with Crippen LogP contribution in [-0.4, -0.2) is 24.5 Å². The van der Waals surface area contributed by atoms with Gasteiger partial charge in [-0.05, 0) is 63.2 Å². The normalized spacial score (nSPS) is 40.6. The molecular weight excluding hydrogens is 230 g/mol. The fourth-order valence-corrected chi connectivity index (χ4v) is 5.20. The standard InChI is InChI=1S/C18H25N/c1-13-6-7-14-12-17-15-5-3-4-8-18(15,16(14)11-13)9-10-19(17)2/h6-7,11,15,17H,3-5,8-10,12H2,1-2H3/t15-,17+,18+/m1/s1/i1D3. The van der Waals surface area contributed by atoms with E-state index < -0.39 is 6.85 Å². The van der Waals surface area contributed by atoms with Gasteiger partial charge in [0, 0.05) is 15.6 Å². The van der Waals surface area contributed by atoms with Crippen LogP contribution in [0.2, 0.25) is 0 Å². The maximum absolute atomic E-state index is 7.75. The molecule has 1 saturated heterocycles. The topological polar surface area (TPSA) is 3.24 Å². The molecule has 0 radical (unpaired) electrons. The second kappa shape index (κ2) is 4.09. The second-order valence-corrected chi connectivity index (χ2v) is 6.88. The lowest BCUT2D eigenvalue weighted by molar-refractivity contribution is 0.00283. The lowest BCUT2D eigenvalue weighted by atomic mass is 9.52. The Morgan fingerprint density at radius 3 is 3.16 bits per heavy atom. The molecule has 1 nitrogen and oxygen atoms in total. The molecule has 1 aromatic rings. The molecule has 1 aromatic carbocycles. The molecule has 1 heterocycles. The zero-order valence-corrected chi connectivity index (χ0v) is 11.8. The first kappa shape index (κ1) is 9.18. The van der Waals surface area contributed by atoms with Crippen molar-refractivity contribution in [3.63, 3.8) is 0 Å². The number of hydrogen-bond acceptors (Lipinski definition) is 1. The molecule has 0 aromatic heterocycles. The number of piperidine rings is 1. The first-order valence-corrected chi connectivity index (χ1v) is 7.76. The monoisotopic (exact) mass is 258 g/mol. The minimum absolute atomic E-state index is 0.254. The Morgan fingerprint density at radius 1 is 1.32 bits per heavy atom. The van der Waals surface area contributed by atoms with Crippen molar-refractivity contribution in [2.45, 2.75) is 56.8 Å². The van der Waals surface area contributed by atoms with Gasteiger partial charge in [-0.15, -0.1) is 0 Å². The predicted octanol–water partition coefficient (Wildman–Crippen LogP) is 3.68. The van der Waals surface area contributed by atoms with Crippen molar-refractivity contribution < 1.29 is 4.11 Å². The zero-order valence-electron chi connectivity index (χ0n) is 14.8. The smallest absolute Gasteiger partial charge is 0.0280 e. The van der Waals surface area contributed by atoms with Crippen molar-refractivity contribution in [3.05, 3.63) is 34.9 Å². The van der Waals surface area contributed by atoms with Crippen LogP contribution in [0.15, 0.2) is 18.2 Å². The summed E-state index contributed by atoms with van der Waals surface area (Å²) in [6.07, 6.45) is 7.49. The minimum atomic E-state index is -1.99. The van der Waals surface area contributed by atoms with E-state index in [1.165, 1.54) is 43.2 Å². The predicted molar refractivity (Wildman–Crippen MR) is 79.6 cm³/mol. The SMILES string of the molecule is [2H]C([2H])([2H])c1ccc2c(c1)[C@]13CCCC[C@@H]1[C@H](C2)N(C)CC3. The summed E-state index contributed by atoms with van der Waals surface area (Å²) in [6, 6.07) is 6.64. The Kier molecular flexibility index (Phi) is 1.97. The van der Waals surface area contributed by atoms with Crippen LogP contribution in [0.4, 0.5) is 0 Å². The molecule has 3 atom stereocenters. The Morgan fingerprint density at radius 2 is 2.26 bits per heavy atom. The average Bonchev–Trinajstić information content (AvgIpc) is 2.49. The molecule has 2 aliphatic carbocycles. The Hall–Kier alpha value is -0.820. The molecule has 1 heteroatoms. The summed E-state index contributed by atoms with van der Waals surface area (Å²) < 4.78 is 23.3. The van der Waals surface area contributed by atoms with Gasteiger partial charge in [0.2, 0.25) is 0 Å². The van der Waals surface area contributed by atoms with Gasteiger partial charge in [-0.2, -0.15) is 0 Å². The van der Waals surface area contributed by atoms with Crippen molar-refractivity contribution in [2.75, 3.05) is 13.6 Å². The van der Waals surface area contributed by atoms with E-state index in [4.69, 9.17) is 4.11 Å². The Bertz CT molecular complexity index is 594. The van der Waals surface area contributed by atoms with Gasteiger partial charge >= 0.3 is 0 Å². The highest BCUT2D eigenvalue weighted by molar-refractivity contribution is 5.43. The molecule has 0 unspecified atom stereocenters. The largest absolute Gasteiger partial charge is 0.303 e. The molecule has 1 aliphatic heterocycles. The first-order valence-electron chi connectivity index (χ1n) is 9.26. The van der Waals surface area contributed by atoms with Gasteiger partial charge in [0.05, 0.1) is 0 Å². The summed E-state index contributed by atoms with van der Waals surface area (Å²) in [5.41, 5.74) is 3.57. The second-order valence-electron chi connectivity index (χ2n) is 6.88. The lowest BCUT2D eigenvalue weighted by Gasteiger charge is -2.58. The highest BCUT2D eigenvalue weighted by atomic mass is 15.1. The van der Waals surface area contributed by atoms with Crippen LogP contribution in [-0.2, 0) is 11.8 Å². The van der Waals surface area contributed by atoms with E-state index in [0.717, 1.165) is 18.9 Å². The van der Waals surface area contributed by atoms with E-state index in [1.807, 2.05) is 12.1 Å². The van der Waals surface area contributed by atoms with Crippen LogP contribution in [0.5, 0.6) is 0 Å². The third-order valence-corrected chi connectivity index (χ3v) is 6.11. The quantitative estimate of drug-likeness (QED) is 0.686. The number of rotatable bonds is 0. The van der Waals surface area contributed by atoms with Gasteiger partial charge in [0.25, 0.3) is 0 Å². The summed E-state index contributed by atoms with van der Waals surface area (Å²) in [5, 5.41) is 0. The van der Waals surface area contributed by atoms with Gasteiger partial charge < -0.3 is 4.90 Å². The van der Waals surface area contributed by atoms with Crippen LogP contribution in [0.25, 0.3) is 0 Å². The highest BCUT2D eigenvalue weighted by Crippen LogP contribution is 2.55. The minimum Gasteiger partial charge on any atom is -0.303 e. The number of fused-ring (bicyclic) bond motifs is 1. The molecule has 19 heavy (non-hydrogen) atoms. The fourth-order valence-electron chi connectivity index (χ4n) is 5.20. The summed E-state index contributed by atoms with van der Waals surface area (Å²) in [7, 11) is 2.27. The Labute approximate surface area is 121 Å². The van der Waals surface area contributed by atoms with Gasteiger partial charge in [-0.3, -0.25) is 0 Å². The molecule has 0 spiro atoms. The van der Waals surface area contributed by atoms with Crippen LogP contribution < -0.4 is 0 Å². The van der Waals surface area contributed by atoms with Crippen molar-refractivity contribution in [1.29, 1.82) is 0 Å². The van der Waals surface area contributed by atoms with E-state index in [0.29, 0.717) is 11.6 Å². The van der Waals surface area contributed by atoms with Crippen LogP contribution in [0.3, 0.4) is 0 Å². The summed E-state index contributed by atoms with van der Waals surface area (Å²) in [4.78, 5) is 2.55. The zero-order chi connectivity index (χ0) is 15.5. The molecule has 2 fully saturated rings. The molecule has 2 bridgehead atoms. The average molecular weight is 258 g/mol. The third kappa shape index (κ3) is 1.57. The maximum atomic E-state index is 7.75. The van der Waals surface area contributed by atoms with Crippen molar-refractivity contribution in [2.24, 2.45) is 5.92 Å². The molecule has 0 N–H and O–H groups in total. The van der Waals surface area contributed by atoms with Crippen LogP contribution in [0.1, 0.15) is 52.9 Å². The molecule has 0 amide bonds. The fraction of sp³-hybridized carbons (Fsp3) is 0.667. The van der Waals surface area contributed by atoms with Gasteiger partial charge in [-0.25, -0.2) is 0 Å². The third-order valence-electron chi connectivity index (χ3n) is 6.11. The van der Waals surface area contributed by atoms with Crippen LogP contribution >= 0.6 is 0 Å². The Balaban J connectivity index is 1.87. The van der Waals surface area contributed by atoms with Crippen molar-refractivity contribution >= 4 is 0 Å². The molecule has 1 saturated carbocycles. The van der Waals surface area contributed by atoms with E-state index in [1.54, 1.807) is 0 Å². The van der Waals surface area contributed by atoms with E-state index in [9.17, 15) is 0 Å². The maximum Gasteiger partial charge on any atom is 0.0280 e. The number of aryl methyl sites for hydroxylation is 1. The molecule has 102 valence electrons. The molecule has 4 rings (SSSR count). The summed E-state index contributed by atoms with van der Waals surface area (Å²) in [6.45, 7) is -0.837.